The van der Waals surface area contributed by atoms with E-state index in [0.717, 1.165) is 6.42 Å². The van der Waals surface area contributed by atoms with Gasteiger partial charge in [0.25, 0.3) is 0 Å². The summed E-state index contributed by atoms with van der Waals surface area (Å²) < 4.78 is 0. The molecule has 0 bridgehead atoms. The van der Waals surface area contributed by atoms with E-state index < -0.39 is 12.0 Å². The largest absolute Gasteiger partial charge is 0.480 e. The van der Waals surface area contributed by atoms with Crippen molar-refractivity contribution in [2.45, 2.75) is 18.9 Å². The molecule has 1 fully saturated rings. The van der Waals surface area contributed by atoms with E-state index in [1.807, 2.05) is 0 Å². The molecular weight excluding hydrogens is 172 g/mol. The fourth-order valence-corrected chi connectivity index (χ4v) is 1.30. The maximum absolute atomic E-state index is 10.6. The number of aliphatic carboxylic acids is 1. The van der Waals surface area contributed by atoms with E-state index in [2.05, 4.69) is 5.32 Å². The molecule has 1 aliphatic heterocycles. The number of carboxylic acid groups (broad SMARTS) is 1. The third kappa shape index (κ3) is 2.59. The Balaban J connectivity index is 2.48. The van der Waals surface area contributed by atoms with Gasteiger partial charge in [0.15, 0.2) is 5.96 Å². The maximum Gasteiger partial charge on any atom is 0.320 e. The zero-order valence-corrected chi connectivity index (χ0v) is 7.29. The van der Waals surface area contributed by atoms with Crippen molar-refractivity contribution >= 4 is 11.9 Å². The van der Waals surface area contributed by atoms with E-state index in [1.165, 1.54) is 0 Å². The van der Waals surface area contributed by atoms with Gasteiger partial charge in [-0.25, -0.2) is 0 Å². The molecule has 74 valence electrons. The van der Waals surface area contributed by atoms with E-state index in [9.17, 15) is 4.79 Å². The minimum atomic E-state index is -0.842. The zero-order chi connectivity index (χ0) is 9.84. The molecule has 1 aliphatic rings. The number of carboxylic acids is 1. The summed E-state index contributed by atoms with van der Waals surface area (Å²) in [7, 11) is 0. The minimum Gasteiger partial charge on any atom is -0.480 e. The Morgan fingerprint density at radius 2 is 2.38 bits per heavy atom. The molecule has 1 atom stereocenters. The van der Waals surface area contributed by atoms with Crippen molar-refractivity contribution in [1.82, 2.24) is 10.2 Å². The second-order valence-electron chi connectivity index (χ2n) is 3.04. The first kappa shape index (κ1) is 9.79. The van der Waals surface area contributed by atoms with Gasteiger partial charge in [-0.3, -0.25) is 15.5 Å². The summed E-state index contributed by atoms with van der Waals surface area (Å²) in [5.74, 6) is -0.857. The van der Waals surface area contributed by atoms with Gasteiger partial charge < -0.3 is 15.7 Å². The van der Waals surface area contributed by atoms with Crippen molar-refractivity contribution in [3.8, 4) is 0 Å². The lowest BCUT2D eigenvalue weighted by molar-refractivity contribution is -0.139. The molecule has 6 nitrogen and oxygen atoms in total. The molecule has 1 heterocycles. The summed E-state index contributed by atoms with van der Waals surface area (Å²) in [6.45, 7) is 0.985. The van der Waals surface area contributed by atoms with E-state index >= 15 is 0 Å². The van der Waals surface area contributed by atoms with Crippen LogP contribution in [0.2, 0.25) is 0 Å². The first-order chi connectivity index (χ1) is 6.11. The Labute approximate surface area is 76.2 Å². The number of hydrogen-bond donors (Lipinski definition) is 4. The fourth-order valence-electron chi connectivity index (χ4n) is 1.30. The Morgan fingerprint density at radius 1 is 1.69 bits per heavy atom. The highest BCUT2D eigenvalue weighted by molar-refractivity contribution is 5.75. The van der Waals surface area contributed by atoms with Crippen LogP contribution in [0.25, 0.3) is 0 Å². The molecule has 13 heavy (non-hydrogen) atoms. The van der Waals surface area contributed by atoms with E-state index in [4.69, 9.17) is 16.2 Å². The van der Waals surface area contributed by atoms with Crippen LogP contribution in [-0.4, -0.2) is 41.2 Å². The maximum atomic E-state index is 10.6. The molecule has 0 saturated carbocycles. The summed E-state index contributed by atoms with van der Waals surface area (Å²) >= 11 is 0. The molecule has 0 radical (unpaired) electrons. The average Bonchev–Trinajstić information content (AvgIpc) is 2.27. The van der Waals surface area contributed by atoms with Crippen molar-refractivity contribution in [2.24, 2.45) is 5.73 Å². The van der Waals surface area contributed by atoms with Crippen LogP contribution in [0.1, 0.15) is 12.8 Å². The molecule has 5 N–H and O–H groups in total. The number of rotatable bonds is 1. The van der Waals surface area contributed by atoms with Gasteiger partial charge in [-0.05, 0) is 12.8 Å². The predicted molar refractivity (Wildman–Crippen MR) is 47.3 cm³/mol. The standard InChI is InChI=1S/C7H14N4O2/c8-7(9)11-3-1-2-5(6(12)13)10-4-11/h5,10H,1-4H2,(H3,8,9)(H,12,13)/t5-/m0/s1. The second kappa shape index (κ2) is 4.08. The Hall–Kier alpha value is -1.30. The van der Waals surface area contributed by atoms with Crippen LogP contribution in [0.5, 0.6) is 0 Å². The molecule has 0 aromatic heterocycles. The van der Waals surface area contributed by atoms with Crippen molar-refractivity contribution in [1.29, 1.82) is 5.41 Å². The quantitative estimate of drug-likeness (QED) is 0.310. The third-order valence-electron chi connectivity index (χ3n) is 2.09. The molecule has 0 aromatic carbocycles. The Morgan fingerprint density at radius 3 is 2.92 bits per heavy atom. The van der Waals surface area contributed by atoms with Crippen LogP contribution in [-0.2, 0) is 4.79 Å². The summed E-state index contributed by atoms with van der Waals surface area (Å²) in [5, 5.41) is 18.7. The van der Waals surface area contributed by atoms with Crippen LogP contribution < -0.4 is 11.1 Å². The number of nitrogens with one attached hydrogen (secondary N) is 2. The molecule has 1 rings (SSSR count). The van der Waals surface area contributed by atoms with Crippen LogP contribution in [0.15, 0.2) is 0 Å². The average molecular weight is 186 g/mol. The van der Waals surface area contributed by atoms with E-state index in [0.29, 0.717) is 19.6 Å². The normalized spacial score (nSPS) is 23.7. The predicted octanol–water partition coefficient (Wildman–Crippen LogP) is -1.02. The first-order valence-corrected chi connectivity index (χ1v) is 4.16. The molecule has 1 saturated heterocycles. The fraction of sp³-hybridized carbons (Fsp3) is 0.714. The topological polar surface area (TPSA) is 102 Å². The SMILES string of the molecule is N=C(N)N1CCC[C@@H](C(=O)O)NC1. The highest BCUT2D eigenvalue weighted by atomic mass is 16.4. The highest BCUT2D eigenvalue weighted by Crippen LogP contribution is 2.04. The van der Waals surface area contributed by atoms with Crippen LogP contribution >= 0.6 is 0 Å². The lowest BCUT2D eigenvalue weighted by Crippen LogP contribution is -2.45. The van der Waals surface area contributed by atoms with Gasteiger partial charge in [0.2, 0.25) is 0 Å². The van der Waals surface area contributed by atoms with Crippen LogP contribution in [0.3, 0.4) is 0 Å². The van der Waals surface area contributed by atoms with Gasteiger partial charge in [0.1, 0.15) is 6.04 Å². The molecule has 6 heteroatoms. The molecule has 0 spiro atoms. The van der Waals surface area contributed by atoms with Crippen molar-refractivity contribution in [3.63, 3.8) is 0 Å². The monoisotopic (exact) mass is 186 g/mol. The van der Waals surface area contributed by atoms with Gasteiger partial charge >= 0.3 is 5.97 Å². The number of carbonyl (C=O) groups is 1. The highest BCUT2D eigenvalue weighted by Gasteiger charge is 2.21. The summed E-state index contributed by atoms with van der Waals surface area (Å²) in [6.07, 6.45) is 1.32. The van der Waals surface area contributed by atoms with Gasteiger partial charge in [-0.1, -0.05) is 0 Å². The van der Waals surface area contributed by atoms with E-state index in [-0.39, 0.29) is 5.96 Å². The van der Waals surface area contributed by atoms with Crippen molar-refractivity contribution in [3.05, 3.63) is 0 Å². The Bertz CT molecular complexity index is 197. The molecule has 0 aliphatic carbocycles. The number of hydrogen-bond acceptors (Lipinski definition) is 3. The van der Waals surface area contributed by atoms with Gasteiger partial charge in [0.05, 0.1) is 6.67 Å². The minimum absolute atomic E-state index is 0.0152. The Kier molecular flexibility index (Phi) is 3.07. The van der Waals surface area contributed by atoms with Crippen molar-refractivity contribution < 1.29 is 9.90 Å². The van der Waals surface area contributed by atoms with Gasteiger partial charge in [-0.15, -0.1) is 0 Å². The summed E-state index contributed by atoms with van der Waals surface area (Å²) in [6, 6.07) is -0.510. The molecule has 0 unspecified atom stereocenters. The summed E-state index contributed by atoms with van der Waals surface area (Å²) in [4.78, 5) is 12.2. The van der Waals surface area contributed by atoms with Crippen LogP contribution in [0, 0.1) is 5.41 Å². The molecule has 0 aromatic rings. The smallest absolute Gasteiger partial charge is 0.320 e. The zero-order valence-electron chi connectivity index (χ0n) is 7.29. The first-order valence-electron chi connectivity index (χ1n) is 4.16. The third-order valence-corrected chi connectivity index (χ3v) is 2.09. The number of guanidine groups is 1. The lowest BCUT2D eigenvalue weighted by Gasteiger charge is -2.20. The molecular formula is C7H14N4O2. The molecule has 0 amide bonds. The number of nitrogens with two attached hydrogens (primary N) is 1. The van der Waals surface area contributed by atoms with Crippen molar-refractivity contribution in [2.75, 3.05) is 13.2 Å². The lowest BCUT2D eigenvalue weighted by atomic mass is 10.2. The van der Waals surface area contributed by atoms with Gasteiger partial charge in [-0.2, -0.15) is 0 Å². The number of nitrogens with zero attached hydrogens (tertiary/aromatic N) is 1. The van der Waals surface area contributed by atoms with E-state index in [1.54, 1.807) is 4.90 Å². The second-order valence-corrected chi connectivity index (χ2v) is 3.04. The summed E-state index contributed by atoms with van der Waals surface area (Å²) in [5.41, 5.74) is 5.28. The van der Waals surface area contributed by atoms with Crippen LogP contribution in [0.4, 0.5) is 0 Å². The van der Waals surface area contributed by atoms with Gasteiger partial charge in [0, 0.05) is 6.54 Å².